The lowest BCUT2D eigenvalue weighted by molar-refractivity contribution is -0.154. The molecule has 0 aliphatic rings. The molecule has 34 heavy (non-hydrogen) atoms. The Hall–Kier alpha value is -4.02. The van der Waals surface area contributed by atoms with Crippen molar-refractivity contribution in [1.82, 2.24) is 9.97 Å². The van der Waals surface area contributed by atoms with Crippen LogP contribution in [0.1, 0.15) is 19.4 Å². The van der Waals surface area contributed by atoms with E-state index in [9.17, 15) is 27.6 Å². The highest BCUT2D eigenvalue weighted by Crippen LogP contribution is 2.31. The van der Waals surface area contributed by atoms with Gasteiger partial charge in [-0.3, -0.25) is 14.4 Å². The quantitative estimate of drug-likeness (QED) is 0.353. The van der Waals surface area contributed by atoms with Gasteiger partial charge in [0.05, 0.1) is 29.9 Å². The lowest BCUT2D eigenvalue weighted by Crippen LogP contribution is -2.39. The molecule has 0 aliphatic carbocycles. The van der Waals surface area contributed by atoms with Crippen molar-refractivity contribution in [3.05, 3.63) is 54.2 Å². The van der Waals surface area contributed by atoms with E-state index in [-0.39, 0.29) is 22.7 Å². The molecule has 3 aromatic rings. The minimum Gasteiger partial charge on any atom is -0.483 e. The molecule has 3 rings (SSSR count). The average Bonchev–Trinajstić information content (AvgIpc) is 2.79. The van der Waals surface area contributed by atoms with E-state index < -0.39 is 41.3 Å². The van der Waals surface area contributed by atoms with Crippen molar-refractivity contribution in [3.8, 4) is 17.4 Å². The highest BCUT2D eigenvalue weighted by molar-refractivity contribution is 6.17. The number of benzene rings is 2. The second-order valence-corrected chi connectivity index (χ2v) is 7.21. The molecule has 0 fully saturated rings. The number of esters is 1. The van der Waals surface area contributed by atoms with Gasteiger partial charge in [-0.25, -0.2) is 9.97 Å². The number of fused-ring (bicyclic) bond motifs is 1. The van der Waals surface area contributed by atoms with Crippen LogP contribution in [0, 0.1) is 5.92 Å². The molecule has 0 bridgehead atoms. The molecule has 1 heterocycles. The van der Waals surface area contributed by atoms with Crippen LogP contribution in [0.5, 0.6) is 17.4 Å². The van der Waals surface area contributed by atoms with Gasteiger partial charge < -0.3 is 14.2 Å². The topological polar surface area (TPSA) is 105 Å². The van der Waals surface area contributed by atoms with Crippen LogP contribution in [0.2, 0.25) is 0 Å². The smallest absolute Gasteiger partial charge is 0.416 e. The molecule has 178 valence electrons. The molecule has 2 atom stereocenters. The second kappa shape index (κ2) is 9.86. The van der Waals surface area contributed by atoms with Crippen LogP contribution in [0.25, 0.3) is 11.0 Å². The van der Waals surface area contributed by atoms with E-state index in [1.54, 1.807) is 0 Å². The molecule has 0 saturated carbocycles. The monoisotopic (exact) mass is 476 g/mol. The highest BCUT2D eigenvalue weighted by Gasteiger charge is 2.36. The zero-order chi connectivity index (χ0) is 25.0. The summed E-state index contributed by atoms with van der Waals surface area (Å²) in [4.78, 5) is 43.9. The predicted molar refractivity (Wildman–Crippen MR) is 112 cm³/mol. The summed E-state index contributed by atoms with van der Waals surface area (Å²) < 4.78 is 54.1. The van der Waals surface area contributed by atoms with E-state index in [1.165, 1.54) is 43.5 Å². The summed E-state index contributed by atoms with van der Waals surface area (Å²) in [5.74, 6) is -3.26. The Bertz CT molecular complexity index is 1230. The zero-order valence-electron chi connectivity index (χ0n) is 18.3. The van der Waals surface area contributed by atoms with E-state index >= 15 is 0 Å². The van der Waals surface area contributed by atoms with Gasteiger partial charge in [0.15, 0.2) is 23.6 Å². The number of carbonyl (C=O) groups excluding carboxylic acids is 3. The average molecular weight is 476 g/mol. The number of aromatic nitrogens is 2. The van der Waals surface area contributed by atoms with Crippen LogP contribution < -0.4 is 9.47 Å². The summed E-state index contributed by atoms with van der Waals surface area (Å²) in [6, 6.07) is 9.01. The first-order chi connectivity index (χ1) is 16.0. The Balaban J connectivity index is 1.68. The van der Waals surface area contributed by atoms with Crippen LogP contribution in [0.15, 0.2) is 48.7 Å². The first kappa shape index (κ1) is 24.6. The van der Waals surface area contributed by atoms with Gasteiger partial charge in [0.2, 0.25) is 5.88 Å². The Morgan fingerprint density at radius 3 is 2.21 bits per heavy atom. The molecular weight excluding hydrogens is 457 g/mol. The number of rotatable bonds is 8. The van der Waals surface area contributed by atoms with Crippen molar-refractivity contribution < 1.29 is 41.8 Å². The van der Waals surface area contributed by atoms with E-state index in [2.05, 4.69) is 14.7 Å². The standard InChI is InChI=1S/C23H19F3N2O6/c1-12(29)20(22(31)32-3)21(30)13(2)33-15-5-7-16(8-6-15)34-19-11-27-18-10-14(23(24,25)26)4-9-17(18)28-19/h4-11,13,20H,1-3H3. The summed E-state index contributed by atoms with van der Waals surface area (Å²) in [5.41, 5.74) is -0.531. The van der Waals surface area contributed by atoms with Crippen LogP contribution >= 0.6 is 0 Å². The number of Topliss-reactive ketones (excluding diaryl/α,β-unsaturated/α-hetero) is 2. The van der Waals surface area contributed by atoms with E-state index in [0.717, 1.165) is 26.2 Å². The summed E-state index contributed by atoms with van der Waals surface area (Å²) in [7, 11) is 1.08. The van der Waals surface area contributed by atoms with Crippen molar-refractivity contribution in [2.45, 2.75) is 26.1 Å². The Kier molecular flexibility index (Phi) is 7.14. The third-order valence-electron chi connectivity index (χ3n) is 4.74. The molecule has 2 unspecified atom stereocenters. The molecule has 0 radical (unpaired) electrons. The first-order valence-corrected chi connectivity index (χ1v) is 9.90. The van der Waals surface area contributed by atoms with Crippen LogP contribution in [0.3, 0.4) is 0 Å². The zero-order valence-corrected chi connectivity index (χ0v) is 18.3. The fourth-order valence-electron chi connectivity index (χ4n) is 3.02. The number of ether oxygens (including phenoxy) is 3. The second-order valence-electron chi connectivity index (χ2n) is 7.21. The molecule has 0 saturated heterocycles. The van der Waals surface area contributed by atoms with Crippen molar-refractivity contribution in [2.75, 3.05) is 7.11 Å². The van der Waals surface area contributed by atoms with Crippen LogP contribution in [-0.2, 0) is 25.3 Å². The lowest BCUT2D eigenvalue weighted by atomic mass is 9.96. The SMILES string of the molecule is COC(=O)C(C(C)=O)C(=O)C(C)Oc1ccc(Oc2cnc3cc(C(F)(F)F)ccc3n2)cc1. The van der Waals surface area contributed by atoms with E-state index in [1.807, 2.05) is 0 Å². The number of ketones is 2. The number of halogens is 3. The predicted octanol–water partition coefficient (Wildman–Crippen LogP) is 4.16. The summed E-state index contributed by atoms with van der Waals surface area (Å²) in [6.45, 7) is 2.52. The van der Waals surface area contributed by atoms with Crippen LogP contribution in [0.4, 0.5) is 13.2 Å². The molecule has 0 amide bonds. The number of carbonyl (C=O) groups is 3. The van der Waals surface area contributed by atoms with Gasteiger partial charge in [-0.15, -0.1) is 0 Å². The maximum atomic E-state index is 12.8. The highest BCUT2D eigenvalue weighted by atomic mass is 19.4. The third-order valence-corrected chi connectivity index (χ3v) is 4.74. The molecule has 8 nitrogen and oxygen atoms in total. The third kappa shape index (κ3) is 5.66. The molecule has 0 spiro atoms. The maximum Gasteiger partial charge on any atom is 0.416 e. The molecule has 1 aromatic heterocycles. The number of alkyl halides is 3. The minimum atomic E-state index is -4.48. The molecule has 0 N–H and O–H groups in total. The molecular formula is C23H19F3N2O6. The lowest BCUT2D eigenvalue weighted by Gasteiger charge is -2.17. The van der Waals surface area contributed by atoms with Gasteiger partial charge in [-0.05, 0) is 56.3 Å². The number of methoxy groups -OCH3 is 1. The van der Waals surface area contributed by atoms with Gasteiger partial charge in [0, 0.05) is 0 Å². The number of hydrogen-bond donors (Lipinski definition) is 0. The van der Waals surface area contributed by atoms with Crippen molar-refractivity contribution in [1.29, 1.82) is 0 Å². The summed E-state index contributed by atoms with van der Waals surface area (Å²) >= 11 is 0. The van der Waals surface area contributed by atoms with Gasteiger partial charge in [-0.2, -0.15) is 13.2 Å². The van der Waals surface area contributed by atoms with Gasteiger partial charge in [0.1, 0.15) is 11.5 Å². The Labute approximate surface area is 191 Å². The van der Waals surface area contributed by atoms with Crippen LogP contribution in [-0.4, -0.2) is 40.7 Å². The van der Waals surface area contributed by atoms with Gasteiger partial charge in [-0.1, -0.05) is 0 Å². The van der Waals surface area contributed by atoms with Crippen molar-refractivity contribution in [3.63, 3.8) is 0 Å². The number of hydrogen-bond acceptors (Lipinski definition) is 8. The van der Waals surface area contributed by atoms with Gasteiger partial charge in [0.25, 0.3) is 0 Å². The minimum absolute atomic E-state index is 0.0619. The summed E-state index contributed by atoms with van der Waals surface area (Å²) in [6.07, 6.45) is -4.39. The summed E-state index contributed by atoms with van der Waals surface area (Å²) in [5, 5.41) is 0. The van der Waals surface area contributed by atoms with E-state index in [4.69, 9.17) is 9.47 Å². The Morgan fingerprint density at radius 1 is 0.971 bits per heavy atom. The maximum absolute atomic E-state index is 12.8. The molecule has 11 heteroatoms. The largest absolute Gasteiger partial charge is 0.483 e. The molecule has 0 aliphatic heterocycles. The van der Waals surface area contributed by atoms with Crippen molar-refractivity contribution in [2.24, 2.45) is 5.92 Å². The normalized spacial score (nSPS) is 13.1. The van der Waals surface area contributed by atoms with E-state index in [0.29, 0.717) is 5.75 Å². The van der Waals surface area contributed by atoms with Gasteiger partial charge >= 0.3 is 12.1 Å². The fraction of sp³-hybridized carbons (Fsp3) is 0.261. The number of nitrogens with zero attached hydrogens (tertiary/aromatic N) is 2. The van der Waals surface area contributed by atoms with Crippen molar-refractivity contribution >= 4 is 28.6 Å². The first-order valence-electron chi connectivity index (χ1n) is 9.90. The Morgan fingerprint density at radius 2 is 1.62 bits per heavy atom. The fourth-order valence-corrected chi connectivity index (χ4v) is 3.02. The molecule has 2 aromatic carbocycles.